The molecule has 1 saturated heterocycles. The Morgan fingerprint density at radius 2 is 1.68 bits per heavy atom. The minimum Gasteiger partial charge on any atom is -0.507 e. The summed E-state index contributed by atoms with van der Waals surface area (Å²) < 4.78 is 11.1. The minimum atomic E-state index is -1.51. The van der Waals surface area contributed by atoms with Gasteiger partial charge < -0.3 is 39.8 Å². The maximum absolute atomic E-state index is 13.0. The van der Waals surface area contributed by atoms with Gasteiger partial charge in [-0.05, 0) is 71.6 Å². The van der Waals surface area contributed by atoms with Crippen LogP contribution in [-0.2, 0) is 10.2 Å². The van der Waals surface area contributed by atoms with Gasteiger partial charge in [0.2, 0.25) is 0 Å². The third-order valence-corrected chi connectivity index (χ3v) is 9.76. The van der Waals surface area contributed by atoms with Crippen LogP contribution < -0.4 is 5.63 Å². The number of aromatic hydroxyl groups is 1. The highest BCUT2D eigenvalue weighted by Crippen LogP contribution is 2.37. The van der Waals surface area contributed by atoms with Gasteiger partial charge in [-0.25, -0.2) is 4.79 Å². The second-order valence-corrected chi connectivity index (χ2v) is 15.3. The van der Waals surface area contributed by atoms with E-state index in [9.17, 15) is 35.4 Å². The number of ether oxygens (including phenoxy) is 1. The second-order valence-electron chi connectivity index (χ2n) is 15.3. The molecule has 0 spiro atoms. The molecule has 6 N–H and O–H groups in total. The third kappa shape index (κ3) is 13.1. The molecule has 2 rings (SSSR count). The van der Waals surface area contributed by atoms with Crippen LogP contribution in [0, 0.1) is 23.7 Å². The van der Waals surface area contributed by atoms with Gasteiger partial charge in [-0.15, -0.1) is 0 Å². The fraction of sp³-hybridized carbons (Fsp3) is 0.634. The summed E-state index contributed by atoms with van der Waals surface area (Å²) in [5.74, 6) is 0.947. The molecule has 0 bridgehead atoms. The number of aliphatic hydroxyl groups is 5. The summed E-state index contributed by atoms with van der Waals surface area (Å²) in [7, 11) is 0. The molecule has 0 saturated carbocycles. The Morgan fingerprint density at radius 1 is 1.02 bits per heavy atom. The first-order chi connectivity index (χ1) is 23.4. The van der Waals surface area contributed by atoms with Gasteiger partial charge in [0.1, 0.15) is 29.3 Å². The zero-order valence-corrected chi connectivity index (χ0v) is 31.7. The molecule has 2 heterocycles. The summed E-state index contributed by atoms with van der Waals surface area (Å²) in [5, 5.41) is 62.1. The van der Waals surface area contributed by atoms with Crippen molar-refractivity contribution in [1.82, 2.24) is 0 Å². The molecule has 0 unspecified atom stereocenters. The van der Waals surface area contributed by atoms with E-state index >= 15 is 0 Å². The lowest BCUT2D eigenvalue weighted by Crippen LogP contribution is -2.46. The van der Waals surface area contributed by atoms with Gasteiger partial charge in [0.25, 0.3) is 0 Å². The number of hydrogen-bond donors (Lipinski definition) is 6. The predicted octanol–water partition coefficient (Wildman–Crippen LogP) is 6.58. The maximum atomic E-state index is 13.0. The molecule has 0 radical (unpaired) electrons. The Labute approximate surface area is 299 Å². The molecule has 282 valence electrons. The fourth-order valence-electron chi connectivity index (χ4n) is 6.62. The van der Waals surface area contributed by atoms with E-state index in [-0.39, 0.29) is 30.3 Å². The van der Waals surface area contributed by atoms with Crippen LogP contribution in [0.3, 0.4) is 0 Å². The van der Waals surface area contributed by atoms with E-state index in [0.717, 1.165) is 31.3 Å². The van der Waals surface area contributed by atoms with Gasteiger partial charge >= 0.3 is 5.63 Å². The lowest BCUT2D eigenvalue weighted by Gasteiger charge is -2.36. The third-order valence-electron chi connectivity index (χ3n) is 9.76. The Kier molecular flexibility index (Phi) is 17.6. The molecular weight excluding hydrogens is 636 g/mol. The van der Waals surface area contributed by atoms with Crippen LogP contribution in [0.1, 0.15) is 112 Å². The SMILES string of the molecule is CC[C@@H](C)/C=C(C)/C=C\C=C(/C)C[C@@H](C)C[C@@H](C)C[C@H](/C=C(C)\C=C/[C@@H](O)C(C)(C)c1cc(O)c([C@@H]2O[C@@H](CO)C[C@@H](O)[C@H]2O)c(=O)o1)CO. The number of aliphatic hydroxyl groups excluding tert-OH is 5. The Hall–Kier alpha value is -2.79. The topological polar surface area (TPSA) is 161 Å². The van der Waals surface area contributed by atoms with Crippen molar-refractivity contribution in [3.8, 4) is 5.75 Å². The first-order valence-electron chi connectivity index (χ1n) is 18.1. The average Bonchev–Trinajstić information content (AvgIpc) is 3.04. The fourth-order valence-corrected chi connectivity index (χ4v) is 6.62. The quantitative estimate of drug-likeness (QED) is 0.0931. The standard InChI is InChI=1S/C41H64O9/c1-10-25(2)16-26(3)12-11-13-27(4)17-29(6)18-30(7)20-31(23-42)19-28(5)14-15-35(46)41(8,9)36-22-33(44)37(40(48)50-36)39-38(47)34(45)21-32(24-43)49-39/h11-16,19,22,25,29-32,34-35,38-39,42-47H,10,17-18,20-21,23-24H2,1-9H3/b12-11-,15-14-,26-16+,27-13+,28-19-/t25-,29-,30-,31+,32-,34-,35-,38-,39+/m1/s1. The largest absolute Gasteiger partial charge is 0.507 e. The van der Waals surface area contributed by atoms with Crippen molar-refractivity contribution < 1.29 is 39.8 Å². The smallest absolute Gasteiger partial charge is 0.345 e. The highest BCUT2D eigenvalue weighted by atomic mass is 16.5. The monoisotopic (exact) mass is 700 g/mol. The van der Waals surface area contributed by atoms with Gasteiger partial charge in [-0.1, -0.05) is 93.4 Å². The van der Waals surface area contributed by atoms with Gasteiger partial charge in [-0.3, -0.25) is 0 Å². The first kappa shape index (κ1) is 43.4. The van der Waals surface area contributed by atoms with Crippen LogP contribution in [0.25, 0.3) is 0 Å². The van der Waals surface area contributed by atoms with E-state index in [2.05, 4.69) is 65.8 Å². The zero-order chi connectivity index (χ0) is 37.8. The summed E-state index contributed by atoms with van der Waals surface area (Å²) in [6, 6.07) is 1.20. The summed E-state index contributed by atoms with van der Waals surface area (Å²) in [6.45, 7) is 18.0. The molecule has 9 nitrogen and oxygen atoms in total. The first-order valence-corrected chi connectivity index (χ1v) is 18.1. The molecule has 1 aromatic heterocycles. The van der Waals surface area contributed by atoms with Crippen LogP contribution in [-0.4, -0.2) is 68.3 Å². The van der Waals surface area contributed by atoms with Gasteiger partial charge in [0, 0.05) is 25.0 Å². The molecule has 50 heavy (non-hydrogen) atoms. The maximum Gasteiger partial charge on any atom is 0.345 e. The summed E-state index contributed by atoms with van der Waals surface area (Å²) in [4.78, 5) is 13.0. The summed E-state index contributed by atoms with van der Waals surface area (Å²) in [6.07, 6.45) is 12.0. The van der Waals surface area contributed by atoms with Crippen LogP contribution in [0.4, 0.5) is 0 Å². The highest BCUT2D eigenvalue weighted by Gasteiger charge is 2.41. The Morgan fingerprint density at radius 3 is 2.28 bits per heavy atom. The van der Waals surface area contributed by atoms with Crippen molar-refractivity contribution in [3.63, 3.8) is 0 Å². The molecule has 9 atom stereocenters. The average molecular weight is 701 g/mol. The molecule has 1 fully saturated rings. The molecule has 0 aromatic carbocycles. The van der Waals surface area contributed by atoms with Crippen molar-refractivity contribution >= 4 is 0 Å². The molecular formula is C41H64O9. The lowest BCUT2D eigenvalue weighted by atomic mass is 9.82. The van der Waals surface area contributed by atoms with E-state index in [1.807, 2.05) is 13.0 Å². The van der Waals surface area contributed by atoms with Crippen molar-refractivity contribution in [2.24, 2.45) is 23.7 Å². The summed E-state index contributed by atoms with van der Waals surface area (Å²) >= 11 is 0. The zero-order valence-electron chi connectivity index (χ0n) is 31.7. The van der Waals surface area contributed by atoms with Crippen LogP contribution in [0.5, 0.6) is 5.75 Å². The van der Waals surface area contributed by atoms with E-state index in [1.54, 1.807) is 26.0 Å². The lowest BCUT2D eigenvalue weighted by molar-refractivity contribution is -0.180. The molecule has 1 aromatic rings. The normalized spacial score (nSPS) is 24.5. The number of rotatable bonds is 18. The van der Waals surface area contributed by atoms with Gasteiger partial charge in [-0.2, -0.15) is 0 Å². The Balaban J connectivity index is 2.04. The molecule has 9 heteroatoms. The predicted molar refractivity (Wildman–Crippen MR) is 199 cm³/mol. The van der Waals surface area contributed by atoms with Gasteiger partial charge in [0.15, 0.2) is 0 Å². The molecule has 0 aliphatic carbocycles. The van der Waals surface area contributed by atoms with Crippen molar-refractivity contribution in [2.45, 2.75) is 130 Å². The molecule has 1 aliphatic rings. The second kappa shape index (κ2) is 20.3. The highest BCUT2D eigenvalue weighted by molar-refractivity contribution is 5.36. The van der Waals surface area contributed by atoms with Crippen LogP contribution in [0.2, 0.25) is 0 Å². The van der Waals surface area contributed by atoms with Crippen molar-refractivity contribution in [2.75, 3.05) is 13.2 Å². The van der Waals surface area contributed by atoms with E-state index < -0.39 is 53.9 Å². The van der Waals surface area contributed by atoms with Gasteiger partial charge in [0.05, 0.1) is 30.3 Å². The number of hydrogen-bond acceptors (Lipinski definition) is 9. The van der Waals surface area contributed by atoms with Crippen LogP contribution >= 0.6 is 0 Å². The minimum absolute atomic E-state index is 0.0114. The number of allylic oxidation sites excluding steroid dienone is 8. The van der Waals surface area contributed by atoms with Crippen molar-refractivity contribution in [1.29, 1.82) is 0 Å². The Bertz CT molecular complexity index is 1420. The molecule has 0 amide bonds. The van der Waals surface area contributed by atoms with Crippen molar-refractivity contribution in [3.05, 3.63) is 87.1 Å². The summed E-state index contributed by atoms with van der Waals surface area (Å²) in [5.41, 5.74) is 1.00. The van der Waals surface area contributed by atoms with E-state index in [4.69, 9.17) is 9.15 Å². The van der Waals surface area contributed by atoms with E-state index in [1.165, 1.54) is 17.2 Å². The van der Waals surface area contributed by atoms with E-state index in [0.29, 0.717) is 17.8 Å². The molecule has 1 aliphatic heterocycles. The van der Waals surface area contributed by atoms with Crippen LogP contribution in [0.15, 0.2) is 74.5 Å².